The van der Waals surface area contributed by atoms with E-state index < -0.39 is 0 Å². The molecule has 0 bridgehead atoms. The van der Waals surface area contributed by atoms with Crippen LogP contribution in [0.1, 0.15) is 50.4 Å². The molecule has 23 heavy (non-hydrogen) atoms. The average Bonchev–Trinajstić information content (AvgIpc) is 2.47. The molecule has 1 fully saturated rings. The van der Waals surface area contributed by atoms with E-state index in [1.807, 2.05) is 24.3 Å². The van der Waals surface area contributed by atoms with Crippen molar-refractivity contribution in [2.75, 3.05) is 13.2 Å². The van der Waals surface area contributed by atoms with Crippen LogP contribution < -0.4 is 15.4 Å². The van der Waals surface area contributed by atoms with Crippen LogP contribution in [-0.4, -0.2) is 31.1 Å². The summed E-state index contributed by atoms with van der Waals surface area (Å²) in [6, 6.07) is 8.16. The van der Waals surface area contributed by atoms with Gasteiger partial charge in [-0.15, -0.1) is 12.4 Å². The van der Waals surface area contributed by atoms with Crippen molar-refractivity contribution in [3.05, 3.63) is 29.8 Å². The van der Waals surface area contributed by atoms with Gasteiger partial charge in [-0.1, -0.05) is 13.8 Å². The summed E-state index contributed by atoms with van der Waals surface area (Å²) < 4.78 is 5.68. The monoisotopic (exact) mass is 340 g/mol. The lowest BCUT2D eigenvalue weighted by atomic mass is 10.0. The first-order chi connectivity index (χ1) is 10.5. The van der Waals surface area contributed by atoms with E-state index >= 15 is 0 Å². The zero-order valence-electron chi connectivity index (χ0n) is 14.3. The first-order valence-corrected chi connectivity index (χ1v) is 8.31. The van der Waals surface area contributed by atoms with Gasteiger partial charge in [0.25, 0.3) is 5.91 Å². The Kier molecular flexibility index (Phi) is 8.42. The number of nitrogens with one attached hydrogen (secondary N) is 2. The maximum atomic E-state index is 12.3. The lowest BCUT2D eigenvalue weighted by molar-refractivity contribution is 0.0925. The molecule has 1 saturated heterocycles. The molecule has 2 N–H and O–H groups in total. The smallest absolute Gasteiger partial charge is 0.251 e. The summed E-state index contributed by atoms with van der Waals surface area (Å²) in [5.41, 5.74) is 0.697. The Bertz CT molecular complexity index is 476. The summed E-state index contributed by atoms with van der Waals surface area (Å²) in [6.07, 6.45) is 3.02. The molecule has 0 saturated carbocycles. The molecule has 4 nitrogen and oxygen atoms in total. The Labute approximate surface area is 145 Å². The van der Waals surface area contributed by atoms with Crippen molar-refractivity contribution < 1.29 is 9.53 Å². The maximum Gasteiger partial charge on any atom is 0.251 e. The van der Waals surface area contributed by atoms with Crippen LogP contribution in [-0.2, 0) is 0 Å². The van der Waals surface area contributed by atoms with E-state index in [2.05, 4.69) is 31.4 Å². The minimum atomic E-state index is 0. The summed E-state index contributed by atoms with van der Waals surface area (Å²) in [6.45, 7) is 8.20. The largest absolute Gasteiger partial charge is 0.494 e. The Balaban J connectivity index is 0.00000264. The third-order valence-corrected chi connectivity index (χ3v) is 4.04. The summed E-state index contributed by atoms with van der Waals surface area (Å²) in [4.78, 5) is 12.3. The highest BCUT2D eigenvalue weighted by Crippen LogP contribution is 2.14. The fraction of sp³-hybridized carbons (Fsp3) is 0.611. The highest BCUT2D eigenvalue weighted by atomic mass is 35.5. The minimum Gasteiger partial charge on any atom is -0.494 e. The van der Waals surface area contributed by atoms with E-state index in [9.17, 15) is 4.79 Å². The van der Waals surface area contributed by atoms with Crippen LogP contribution in [0, 0.1) is 5.92 Å². The summed E-state index contributed by atoms with van der Waals surface area (Å²) in [7, 11) is 0. The molecule has 1 heterocycles. The van der Waals surface area contributed by atoms with Gasteiger partial charge in [0.2, 0.25) is 0 Å². The Morgan fingerprint density at radius 2 is 2.04 bits per heavy atom. The normalized spacial score (nSPS) is 20.7. The zero-order chi connectivity index (χ0) is 15.9. The van der Waals surface area contributed by atoms with E-state index in [4.69, 9.17) is 4.74 Å². The van der Waals surface area contributed by atoms with Gasteiger partial charge in [0, 0.05) is 17.6 Å². The highest BCUT2D eigenvalue weighted by Gasteiger charge is 2.20. The number of hydrogen-bond donors (Lipinski definition) is 2. The Morgan fingerprint density at radius 3 is 2.65 bits per heavy atom. The lowest BCUT2D eigenvalue weighted by Crippen LogP contribution is -2.46. The number of piperidine rings is 1. The first-order valence-electron chi connectivity index (χ1n) is 8.31. The SMILES string of the molecule is CC(C)CCOc1ccc(C(=O)NC2CCNC(C)C2)cc1.Cl. The van der Waals surface area contributed by atoms with Crippen molar-refractivity contribution >= 4 is 18.3 Å². The molecule has 0 radical (unpaired) electrons. The molecule has 1 aliphatic heterocycles. The van der Waals surface area contributed by atoms with E-state index in [0.717, 1.165) is 38.2 Å². The van der Waals surface area contributed by atoms with Gasteiger partial charge in [0.1, 0.15) is 5.75 Å². The van der Waals surface area contributed by atoms with Crippen molar-refractivity contribution in [3.8, 4) is 5.75 Å². The maximum absolute atomic E-state index is 12.3. The zero-order valence-corrected chi connectivity index (χ0v) is 15.1. The van der Waals surface area contributed by atoms with Gasteiger partial charge in [0.15, 0.2) is 0 Å². The van der Waals surface area contributed by atoms with Crippen molar-refractivity contribution in [3.63, 3.8) is 0 Å². The van der Waals surface area contributed by atoms with Crippen molar-refractivity contribution in [2.24, 2.45) is 5.92 Å². The molecule has 1 aromatic rings. The van der Waals surface area contributed by atoms with Crippen molar-refractivity contribution in [1.29, 1.82) is 0 Å². The second-order valence-corrected chi connectivity index (χ2v) is 6.61. The molecular weight excluding hydrogens is 312 g/mol. The number of carbonyl (C=O) groups excluding carboxylic acids is 1. The number of hydrogen-bond acceptors (Lipinski definition) is 3. The van der Waals surface area contributed by atoms with Crippen LogP contribution in [0.15, 0.2) is 24.3 Å². The molecule has 2 rings (SSSR count). The van der Waals surface area contributed by atoms with E-state index in [-0.39, 0.29) is 24.4 Å². The van der Waals surface area contributed by atoms with Crippen LogP contribution >= 0.6 is 12.4 Å². The highest BCUT2D eigenvalue weighted by molar-refractivity contribution is 5.94. The van der Waals surface area contributed by atoms with Gasteiger partial charge >= 0.3 is 0 Å². The standard InChI is InChI=1S/C18H28N2O2.ClH/c1-13(2)9-11-22-17-6-4-15(5-7-17)18(21)20-16-8-10-19-14(3)12-16;/h4-7,13-14,16,19H,8-12H2,1-3H3,(H,20,21);1H. The molecule has 1 aliphatic rings. The fourth-order valence-electron chi connectivity index (χ4n) is 2.65. The molecular formula is C18H29ClN2O2. The molecule has 1 aromatic carbocycles. The fourth-order valence-corrected chi connectivity index (χ4v) is 2.65. The first kappa shape index (κ1) is 19.8. The van der Waals surface area contributed by atoms with Crippen LogP contribution in [0.3, 0.4) is 0 Å². The summed E-state index contributed by atoms with van der Waals surface area (Å²) >= 11 is 0. The molecule has 0 spiro atoms. The topological polar surface area (TPSA) is 50.4 Å². The van der Waals surface area contributed by atoms with Crippen LogP contribution in [0.5, 0.6) is 5.75 Å². The molecule has 0 aromatic heterocycles. The number of carbonyl (C=O) groups is 1. The van der Waals surface area contributed by atoms with Crippen LogP contribution in [0.2, 0.25) is 0 Å². The van der Waals surface area contributed by atoms with E-state index in [0.29, 0.717) is 17.5 Å². The second kappa shape index (κ2) is 9.78. The Hall–Kier alpha value is -1.26. The Morgan fingerprint density at radius 1 is 1.35 bits per heavy atom. The molecule has 0 aliphatic carbocycles. The number of benzene rings is 1. The molecule has 2 atom stereocenters. The number of amides is 1. The molecule has 1 amide bonds. The van der Waals surface area contributed by atoms with Gasteiger partial charge < -0.3 is 15.4 Å². The van der Waals surface area contributed by atoms with Crippen LogP contribution in [0.25, 0.3) is 0 Å². The molecule has 5 heteroatoms. The van der Waals surface area contributed by atoms with Crippen LogP contribution in [0.4, 0.5) is 0 Å². The second-order valence-electron chi connectivity index (χ2n) is 6.61. The third-order valence-electron chi connectivity index (χ3n) is 4.04. The van der Waals surface area contributed by atoms with Crippen molar-refractivity contribution in [2.45, 2.75) is 52.1 Å². The third kappa shape index (κ3) is 6.80. The molecule has 2 unspecified atom stereocenters. The number of rotatable bonds is 6. The average molecular weight is 341 g/mol. The minimum absolute atomic E-state index is 0. The predicted octanol–water partition coefficient (Wildman–Crippen LogP) is 3.40. The van der Waals surface area contributed by atoms with Gasteiger partial charge in [-0.25, -0.2) is 0 Å². The van der Waals surface area contributed by atoms with Gasteiger partial charge in [-0.2, -0.15) is 0 Å². The quantitative estimate of drug-likeness (QED) is 0.834. The number of ether oxygens (including phenoxy) is 1. The number of halogens is 1. The van der Waals surface area contributed by atoms with Crippen molar-refractivity contribution in [1.82, 2.24) is 10.6 Å². The van der Waals surface area contributed by atoms with Gasteiger partial charge in [-0.05, 0) is 62.9 Å². The predicted molar refractivity (Wildman–Crippen MR) is 96.6 cm³/mol. The van der Waals surface area contributed by atoms with Gasteiger partial charge in [-0.3, -0.25) is 4.79 Å². The van der Waals surface area contributed by atoms with E-state index in [1.54, 1.807) is 0 Å². The van der Waals surface area contributed by atoms with E-state index in [1.165, 1.54) is 0 Å². The summed E-state index contributed by atoms with van der Waals surface area (Å²) in [5, 5.41) is 6.52. The lowest BCUT2D eigenvalue weighted by Gasteiger charge is -2.28. The van der Waals surface area contributed by atoms with Gasteiger partial charge in [0.05, 0.1) is 6.61 Å². The molecule has 130 valence electrons. The summed E-state index contributed by atoms with van der Waals surface area (Å²) in [5.74, 6) is 1.47.